The van der Waals surface area contributed by atoms with Gasteiger partial charge in [-0.25, -0.2) is 0 Å². The number of amides is 1. The Kier molecular flexibility index (Phi) is 3.26. The Labute approximate surface area is 119 Å². The zero-order valence-electron chi connectivity index (χ0n) is 11.9. The van der Waals surface area contributed by atoms with E-state index >= 15 is 0 Å². The first kappa shape index (κ1) is 12.9. The molecule has 1 aromatic carbocycles. The van der Waals surface area contributed by atoms with Crippen molar-refractivity contribution < 1.29 is 4.79 Å². The number of fused-ring (bicyclic) bond motifs is 1. The largest absolute Gasteiger partial charge is 0.308 e. The number of hydrogen-bond acceptors (Lipinski definition) is 2. The van der Waals surface area contributed by atoms with Crippen LogP contribution in [0.25, 0.3) is 0 Å². The smallest absolute Gasteiger partial charge is 0.258 e. The van der Waals surface area contributed by atoms with Gasteiger partial charge in [0.15, 0.2) is 0 Å². The maximum Gasteiger partial charge on any atom is 0.258 e. The number of nitrogens with zero attached hydrogens (tertiary/aromatic N) is 2. The molecule has 1 aromatic heterocycles. The molecule has 0 saturated heterocycles. The predicted octanol–water partition coefficient (Wildman–Crippen LogP) is 3.29. The monoisotopic (exact) mass is 266 g/mol. The normalized spacial score (nSPS) is 14.0. The Morgan fingerprint density at radius 1 is 1.20 bits per heavy atom. The minimum atomic E-state index is 0.0835. The highest BCUT2D eigenvalue weighted by molar-refractivity contribution is 6.07. The summed E-state index contributed by atoms with van der Waals surface area (Å²) in [5, 5.41) is 0. The molecule has 102 valence electrons. The number of aryl methyl sites for hydroxylation is 2. The minimum absolute atomic E-state index is 0.0835. The van der Waals surface area contributed by atoms with Crippen LogP contribution in [0.4, 0.5) is 5.69 Å². The average molecular weight is 266 g/mol. The van der Waals surface area contributed by atoms with Gasteiger partial charge in [0.25, 0.3) is 5.91 Å². The molecule has 0 N–H and O–H groups in total. The summed E-state index contributed by atoms with van der Waals surface area (Å²) in [6.07, 6.45) is 3.78. The summed E-state index contributed by atoms with van der Waals surface area (Å²) in [4.78, 5) is 19.0. The van der Waals surface area contributed by atoms with Crippen LogP contribution in [-0.4, -0.2) is 17.4 Å². The number of carbonyl (C=O) groups excluding carboxylic acids is 1. The second-order valence-electron chi connectivity index (χ2n) is 5.26. The third-order valence-corrected chi connectivity index (χ3v) is 4.04. The predicted molar refractivity (Wildman–Crippen MR) is 80.2 cm³/mol. The van der Waals surface area contributed by atoms with Crippen LogP contribution in [-0.2, 0) is 6.42 Å². The summed E-state index contributed by atoms with van der Waals surface area (Å²) in [6.45, 7) is 4.69. The number of pyridine rings is 1. The van der Waals surface area contributed by atoms with Gasteiger partial charge in [-0.05, 0) is 49.9 Å². The Bertz CT molecular complexity index is 664. The molecular formula is C17H18N2O. The quantitative estimate of drug-likeness (QED) is 0.793. The van der Waals surface area contributed by atoms with Crippen LogP contribution in [0.3, 0.4) is 0 Å². The fraction of sp³-hybridized carbons (Fsp3) is 0.294. The topological polar surface area (TPSA) is 33.2 Å². The number of aromatic nitrogens is 1. The molecule has 0 saturated carbocycles. The van der Waals surface area contributed by atoms with Crippen LogP contribution in [0, 0.1) is 13.8 Å². The van der Waals surface area contributed by atoms with E-state index in [1.54, 1.807) is 6.20 Å². The molecule has 2 heterocycles. The lowest BCUT2D eigenvalue weighted by Gasteiger charge is -2.30. The lowest BCUT2D eigenvalue weighted by Crippen LogP contribution is -2.36. The summed E-state index contributed by atoms with van der Waals surface area (Å²) in [5.74, 6) is 0.0835. The maximum absolute atomic E-state index is 12.8. The zero-order valence-corrected chi connectivity index (χ0v) is 11.9. The molecule has 0 unspecified atom stereocenters. The fourth-order valence-corrected chi connectivity index (χ4v) is 2.76. The summed E-state index contributed by atoms with van der Waals surface area (Å²) in [7, 11) is 0. The zero-order chi connectivity index (χ0) is 14.1. The summed E-state index contributed by atoms with van der Waals surface area (Å²) >= 11 is 0. The Morgan fingerprint density at radius 2 is 2.00 bits per heavy atom. The van der Waals surface area contributed by atoms with Crippen molar-refractivity contribution in [2.45, 2.75) is 26.7 Å². The van der Waals surface area contributed by atoms with Crippen LogP contribution in [0.1, 0.15) is 33.6 Å². The molecule has 0 radical (unpaired) electrons. The average Bonchev–Trinajstić information content (AvgIpc) is 2.49. The SMILES string of the molecule is Cc1nccc(C(=O)N2CCCc3ccccc32)c1C. The molecule has 0 atom stereocenters. The number of carbonyl (C=O) groups is 1. The van der Waals surface area contributed by atoms with Crippen molar-refractivity contribution in [1.29, 1.82) is 0 Å². The maximum atomic E-state index is 12.8. The third kappa shape index (κ3) is 2.09. The van der Waals surface area contributed by atoms with Gasteiger partial charge in [0.2, 0.25) is 0 Å². The van der Waals surface area contributed by atoms with Crippen molar-refractivity contribution in [1.82, 2.24) is 4.98 Å². The molecule has 0 spiro atoms. The first-order valence-electron chi connectivity index (χ1n) is 7.00. The van der Waals surface area contributed by atoms with Crippen molar-refractivity contribution in [3.63, 3.8) is 0 Å². The summed E-state index contributed by atoms with van der Waals surface area (Å²) < 4.78 is 0. The Morgan fingerprint density at radius 3 is 2.85 bits per heavy atom. The van der Waals surface area contributed by atoms with E-state index in [0.717, 1.165) is 41.9 Å². The van der Waals surface area contributed by atoms with Crippen molar-refractivity contribution in [3.8, 4) is 0 Å². The Hall–Kier alpha value is -2.16. The molecule has 0 aliphatic carbocycles. The minimum Gasteiger partial charge on any atom is -0.308 e. The van der Waals surface area contributed by atoms with E-state index in [9.17, 15) is 4.79 Å². The van der Waals surface area contributed by atoms with Crippen molar-refractivity contribution >= 4 is 11.6 Å². The van der Waals surface area contributed by atoms with Crippen LogP contribution >= 0.6 is 0 Å². The van der Waals surface area contributed by atoms with E-state index in [4.69, 9.17) is 0 Å². The van der Waals surface area contributed by atoms with Crippen LogP contribution in [0.5, 0.6) is 0 Å². The van der Waals surface area contributed by atoms with Gasteiger partial charge < -0.3 is 4.90 Å². The van der Waals surface area contributed by atoms with Crippen molar-refractivity contribution in [3.05, 3.63) is 58.9 Å². The molecule has 3 heteroatoms. The van der Waals surface area contributed by atoms with Crippen LogP contribution < -0.4 is 4.90 Å². The first-order valence-corrected chi connectivity index (χ1v) is 7.00. The summed E-state index contributed by atoms with van der Waals surface area (Å²) in [5.41, 5.74) is 4.96. The van der Waals surface area contributed by atoms with Gasteiger partial charge in [0.1, 0.15) is 0 Å². The molecule has 1 amide bonds. The highest BCUT2D eigenvalue weighted by atomic mass is 16.2. The number of para-hydroxylation sites is 1. The highest BCUT2D eigenvalue weighted by Crippen LogP contribution is 2.28. The molecule has 3 nitrogen and oxygen atoms in total. The van der Waals surface area contributed by atoms with Crippen LogP contribution in [0.2, 0.25) is 0 Å². The lowest BCUT2D eigenvalue weighted by atomic mass is 10.00. The van der Waals surface area contributed by atoms with E-state index in [1.165, 1.54) is 5.56 Å². The van der Waals surface area contributed by atoms with Gasteiger partial charge in [0.05, 0.1) is 0 Å². The van der Waals surface area contributed by atoms with E-state index in [2.05, 4.69) is 11.1 Å². The second kappa shape index (κ2) is 5.08. The molecule has 20 heavy (non-hydrogen) atoms. The van der Waals surface area contributed by atoms with Crippen molar-refractivity contribution in [2.75, 3.05) is 11.4 Å². The van der Waals surface area contributed by atoms with Gasteiger partial charge in [-0.3, -0.25) is 9.78 Å². The number of benzene rings is 1. The van der Waals surface area contributed by atoms with Gasteiger partial charge in [-0.15, -0.1) is 0 Å². The van der Waals surface area contributed by atoms with E-state index in [1.807, 2.05) is 43.0 Å². The number of anilines is 1. The molecule has 0 bridgehead atoms. The molecule has 1 aliphatic heterocycles. The fourth-order valence-electron chi connectivity index (χ4n) is 2.76. The van der Waals surface area contributed by atoms with Crippen molar-refractivity contribution in [2.24, 2.45) is 0 Å². The van der Waals surface area contributed by atoms with Crippen LogP contribution in [0.15, 0.2) is 36.5 Å². The standard InChI is InChI=1S/C17H18N2O/c1-12-13(2)18-10-9-15(12)17(20)19-11-5-7-14-6-3-4-8-16(14)19/h3-4,6,8-10H,5,7,11H2,1-2H3. The number of rotatable bonds is 1. The lowest BCUT2D eigenvalue weighted by molar-refractivity contribution is 0.0984. The van der Waals surface area contributed by atoms with Gasteiger partial charge in [0, 0.05) is 29.7 Å². The van der Waals surface area contributed by atoms with Gasteiger partial charge in [-0.2, -0.15) is 0 Å². The molecule has 1 aliphatic rings. The van der Waals surface area contributed by atoms with Gasteiger partial charge in [-0.1, -0.05) is 18.2 Å². The van der Waals surface area contributed by atoms with E-state index in [0.29, 0.717) is 0 Å². The van der Waals surface area contributed by atoms with E-state index in [-0.39, 0.29) is 5.91 Å². The molecular weight excluding hydrogens is 248 g/mol. The van der Waals surface area contributed by atoms with Gasteiger partial charge >= 0.3 is 0 Å². The number of hydrogen-bond donors (Lipinski definition) is 0. The molecule has 0 fully saturated rings. The summed E-state index contributed by atoms with van der Waals surface area (Å²) in [6, 6.07) is 10.0. The highest BCUT2D eigenvalue weighted by Gasteiger charge is 2.24. The van der Waals surface area contributed by atoms with E-state index < -0.39 is 0 Å². The molecule has 3 rings (SSSR count). The third-order valence-electron chi connectivity index (χ3n) is 4.04. The Balaban J connectivity index is 2.02. The molecule has 2 aromatic rings. The first-order chi connectivity index (χ1) is 9.68. The second-order valence-corrected chi connectivity index (χ2v) is 5.26.